The van der Waals surface area contributed by atoms with E-state index in [4.69, 9.17) is 4.74 Å². The fraction of sp³-hybridized carbons (Fsp3) is 0.500. The van der Waals surface area contributed by atoms with Crippen LogP contribution >= 0.6 is 0 Å². The first kappa shape index (κ1) is 22.2. The second kappa shape index (κ2) is 8.49. The van der Waals surface area contributed by atoms with Crippen molar-refractivity contribution in [2.24, 2.45) is 5.92 Å². The lowest BCUT2D eigenvalue weighted by molar-refractivity contribution is -0.185. The van der Waals surface area contributed by atoms with Gasteiger partial charge in [-0.05, 0) is 60.7 Å². The first-order valence-corrected chi connectivity index (χ1v) is 9.12. The first-order chi connectivity index (χ1) is 13.1. The van der Waals surface area contributed by atoms with Crippen molar-refractivity contribution in [2.75, 3.05) is 0 Å². The Morgan fingerprint density at radius 3 is 2.04 bits per heavy atom. The second-order valence-corrected chi connectivity index (χ2v) is 6.47. The largest absolute Gasteiger partial charge is 0.508 e. The molecule has 3 rings (SSSR count). The van der Waals surface area contributed by atoms with Gasteiger partial charge in [-0.25, -0.2) is 0 Å². The highest BCUT2D eigenvalue weighted by molar-refractivity contribution is 5.89. The molecule has 2 aromatic carbocycles. The van der Waals surface area contributed by atoms with Gasteiger partial charge in [0.15, 0.2) is 0 Å². The zero-order valence-electron chi connectivity index (χ0n) is 15.5. The highest BCUT2D eigenvalue weighted by Crippen LogP contribution is 2.44. The molecule has 156 valence electrons. The number of benzene rings is 2. The van der Waals surface area contributed by atoms with E-state index in [2.05, 4.69) is 0 Å². The van der Waals surface area contributed by atoms with Gasteiger partial charge in [0.05, 0.1) is 12.0 Å². The fourth-order valence-corrected chi connectivity index (χ4v) is 3.38. The van der Waals surface area contributed by atoms with Gasteiger partial charge in [-0.2, -0.15) is 26.3 Å². The lowest BCUT2D eigenvalue weighted by atomic mass is 9.87. The smallest absolute Gasteiger partial charge is 0.420 e. The minimum absolute atomic E-state index is 0.0507. The standard InChI is InChI=1S/C18H16F6O2.C2H6/c19-17(20,21)11-2-5-13(6-3-11)26-15-8-1-10-9-12(25)4-7-14(10)16(15)18(22,23)24;1-2/h1,4,7-9,11,13,25H,2-3,5-6H2;1-2H3. The van der Waals surface area contributed by atoms with Crippen LogP contribution in [-0.4, -0.2) is 17.4 Å². The summed E-state index contributed by atoms with van der Waals surface area (Å²) in [4.78, 5) is 0. The highest BCUT2D eigenvalue weighted by Gasteiger charge is 2.42. The number of ether oxygens (including phenoxy) is 1. The average molecular weight is 408 g/mol. The molecule has 1 saturated carbocycles. The van der Waals surface area contributed by atoms with Crippen LogP contribution in [0.4, 0.5) is 26.3 Å². The summed E-state index contributed by atoms with van der Waals surface area (Å²) in [6, 6.07) is 6.06. The molecular formula is C20H22F6O2. The van der Waals surface area contributed by atoms with E-state index in [0.717, 1.165) is 18.2 Å². The third-order valence-electron chi connectivity index (χ3n) is 4.68. The molecule has 1 aliphatic rings. The summed E-state index contributed by atoms with van der Waals surface area (Å²) in [7, 11) is 0. The Balaban J connectivity index is 0.00000136. The van der Waals surface area contributed by atoms with E-state index < -0.39 is 35.7 Å². The molecule has 1 aliphatic carbocycles. The molecule has 2 aromatic rings. The molecule has 0 unspecified atom stereocenters. The van der Waals surface area contributed by atoms with E-state index in [9.17, 15) is 31.4 Å². The Hall–Kier alpha value is -2.12. The molecule has 0 aromatic heterocycles. The van der Waals surface area contributed by atoms with E-state index in [1.807, 2.05) is 13.8 Å². The molecular weight excluding hydrogens is 386 g/mol. The zero-order chi connectivity index (χ0) is 21.1. The summed E-state index contributed by atoms with van der Waals surface area (Å²) in [6.07, 6.45) is -9.88. The Kier molecular flexibility index (Phi) is 6.72. The molecule has 1 fully saturated rings. The Morgan fingerprint density at radius 2 is 1.50 bits per heavy atom. The number of alkyl halides is 6. The van der Waals surface area contributed by atoms with Crippen LogP contribution in [0.2, 0.25) is 0 Å². The van der Waals surface area contributed by atoms with E-state index in [1.165, 1.54) is 12.1 Å². The summed E-state index contributed by atoms with van der Waals surface area (Å²) in [5.74, 6) is -1.99. The van der Waals surface area contributed by atoms with Crippen molar-refractivity contribution in [3.8, 4) is 11.5 Å². The van der Waals surface area contributed by atoms with Gasteiger partial charge >= 0.3 is 12.4 Å². The van der Waals surface area contributed by atoms with Crippen molar-refractivity contribution in [1.29, 1.82) is 0 Å². The predicted octanol–water partition coefficient (Wildman–Crippen LogP) is 7.09. The number of hydrogen-bond acceptors (Lipinski definition) is 2. The second-order valence-electron chi connectivity index (χ2n) is 6.47. The molecule has 8 heteroatoms. The lowest BCUT2D eigenvalue weighted by Crippen LogP contribution is -2.32. The number of aromatic hydroxyl groups is 1. The van der Waals surface area contributed by atoms with Gasteiger partial charge < -0.3 is 9.84 Å². The quantitative estimate of drug-likeness (QED) is 0.538. The molecule has 0 aliphatic heterocycles. The molecule has 1 N–H and O–H groups in total. The third-order valence-corrected chi connectivity index (χ3v) is 4.68. The van der Waals surface area contributed by atoms with Crippen LogP contribution in [0.25, 0.3) is 10.8 Å². The number of rotatable bonds is 2. The molecule has 2 nitrogen and oxygen atoms in total. The monoisotopic (exact) mass is 408 g/mol. The van der Waals surface area contributed by atoms with E-state index in [1.54, 1.807) is 0 Å². The molecule has 0 atom stereocenters. The maximum atomic E-state index is 13.6. The van der Waals surface area contributed by atoms with Crippen LogP contribution in [0.1, 0.15) is 45.1 Å². The maximum absolute atomic E-state index is 13.6. The van der Waals surface area contributed by atoms with Gasteiger partial charge in [-0.1, -0.05) is 19.9 Å². The van der Waals surface area contributed by atoms with Crippen LogP contribution in [0.5, 0.6) is 11.5 Å². The normalized spacial score (nSPS) is 20.4. The van der Waals surface area contributed by atoms with Crippen LogP contribution < -0.4 is 4.74 Å². The molecule has 0 amide bonds. The number of hydrogen-bond donors (Lipinski definition) is 1. The van der Waals surface area contributed by atoms with Crippen molar-refractivity contribution >= 4 is 10.8 Å². The van der Waals surface area contributed by atoms with Crippen LogP contribution in [-0.2, 0) is 6.18 Å². The van der Waals surface area contributed by atoms with Crippen LogP contribution in [0.15, 0.2) is 30.3 Å². The number of phenolic OH excluding ortho intramolecular Hbond substituents is 1. The summed E-state index contributed by atoms with van der Waals surface area (Å²) in [6.45, 7) is 4.00. The third kappa shape index (κ3) is 5.02. The van der Waals surface area contributed by atoms with E-state index in [0.29, 0.717) is 0 Å². The molecule has 0 saturated heterocycles. The Labute approximate surface area is 159 Å². The topological polar surface area (TPSA) is 29.5 Å². The minimum Gasteiger partial charge on any atom is -0.508 e. The van der Waals surface area contributed by atoms with Crippen molar-refractivity contribution in [3.05, 3.63) is 35.9 Å². The fourth-order valence-electron chi connectivity index (χ4n) is 3.38. The lowest BCUT2D eigenvalue weighted by Gasteiger charge is -2.31. The summed E-state index contributed by atoms with van der Waals surface area (Å²) < 4.78 is 84.3. The SMILES string of the molecule is CC.Oc1ccc2c(C(F)(F)F)c(OC3CCC(C(F)(F)F)CC3)ccc2c1. The van der Waals surface area contributed by atoms with E-state index >= 15 is 0 Å². The minimum atomic E-state index is -4.70. The predicted molar refractivity (Wildman–Crippen MR) is 94.4 cm³/mol. The van der Waals surface area contributed by atoms with Crippen molar-refractivity contribution in [2.45, 2.75) is 58.0 Å². The Bertz CT molecular complexity index is 790. The summed E-state index contributed by atoms with van der Waals surface area (Å²) >= 11 is 0. The highest BCUT2D eigenvalue weighted by atomic mass is 19.4. The molecule has 0 heterocycles. The zero-order valence-corrected chi connectivity index (χ0v) is 15.5. The van der Waals surface area contributed by atoms with Crippen molar-refractivity contribution in [3.63, 3.8) is 0 Å². The van der Waals surface area contributed by atoms with Crippen molar-refractivity contribution < 1.29 is 36.2 Å². The molecule has 28 heavy (non-hydrogen) atoms. The summed E-state index contributed by atoms with van der Waals surface area (Å²) in [5.41, 5.74) is -0.979. The average Bonchev–Trinajstić information content (AvgIpc) is 2.62. The van der Waals surface area contributed by atoms with Gasteiger partial charge in [0, 0.05) is 0 Å². The van der Waals surface area contributed by atoms with E-state index in [-0.39, 0.29) is 42.2 Å². The van der Waals surface area contributed by atoms with Gasteiger partial charge in [-0.15, -0.1) is 0 Å². The van der Waals surface area contributed by atoms with Gasteiger partial charge in [0.2, 0.25) is 0 Å². The maximum Gasteiger partial charge on any atom is 0.420 e. The molecule has 0 spiro atoms. The van der Waals surface area contributed by atoms with Gasteiger partial charge in [-0.3, -0.25) is 0 Å². The van der Waals surface area contributed by atoms with Crippen LogP contribution in [0, 0.1) is 5.92 Å². The number of phenols is 1. The Morgan fingerprint density at radius 1 is 0.893 bits per heavy atom. The van der Waals surface area contributed by atoms with Gasteiger partial charge in [0.1, 0.15) is 17.1 Å². The van der Waals surface area contributed by atoms with Gasteiger partial charge in [0.25, 0.3) is 0 Å². The molecule has 0 bridgehead atoms. The molecule has 0 radical (unpaired) electrons. The number of fused-ring (bicyclic) bond motifs is 1. The van der Waals surface area contributed by atoms with Crippen LogP contribution in [0.3, 0.4) is 0 Å². The van der Waals surface area contributed by atoms with Crippen molar-refractivity contribution in [1.82, 2.24) is 0 Å². The number of halogens is 6. The first-order valence-electron chi connectivity index (χ1n) is 9.12. The summed E-state index contributed by atoms with van der Waals surface area (Å²) in [5, 5.41) is 9.51.